The Hall–Kier alpha value is -2.48. The van der Waals surface area contributed by atoms with Crippen LogP contribution in [0.25, 0.3) is 11.4 Å². The van der Waals surface area contributed by atoms with Gasteiger partial charge in [-0.1, -0.05) is 11.6 Å². The van der Waals surface area contributed by atoms with Crippen molar-refractivity contribution in [2.75, 3.05) is 0 Å². The molecule has 2 aromatic rings. The predicted octanol–water partition coefficient (Wildman–Crippen LogP) is 0.749. The highest BCUT2D eigenvalue weighted by molar-refractivity contribution is 6.30. The van der Waals surface area contributed by atoms with Gasteiger partial charge in [-0.05, 0) is 36.4 Å². The van der Waals surface area contributed by atoms with Gasteiger partial charge in [0.25, 0.3) is 5.91 Å². The number of primary amides is 1. The number of hydrogen-bond acceptors (Lipinski definition) is 5. The first-order chi connectivity index (χ1) is 9.47. The van der Waals surface area contributed by atoms with Crippen molar-refractivity contribution in [3.8, 4) is 11.4 Å². The van der Waals surface area contributed by atoms with Crippen molar-refractivity contribution in [2.24, 2.45) is 5.73 Å². The molecular weight excluding hydrogens is 284 g/mol. The van der Waals surface area contributed by atoms with E-state index in [9.17, 15) is 9.59 Å². The minimum absolute atomic E-state index is 0.348. The molecule has 0 spiro atoms. The normalized spacial score (nSPS) is 11.9. The largest absolute Gasteiger partial charge is 0.351 e. The number of amides is 3. The van der Waals surface area contributed by atoms with Crippen LogP contribution in [-0.2, 0) is 4.79 Å². The van der Waals surface area contributed by atoms with Gasteiger partial charge in [-0.2, -0.15) is 4.80 Å². The fourth-order valence-electron chi connectivity index (χ4n) is 1.43. The minimum atomic E-state index is -0.931. The Morgan fingerprint density at radius 1 is 1.35 bits per heavy atom. The molecular formula is C11H11ClN6O2. The number of carbonyl (C=O) groups excluding carboxylic acids is 2. The first-order valence-electron chi connectivity index (χ1n) is 5.63. The molecule has 0 aliphatic heterocycles. The Morgan fingerprint density at radius 2 is 2.00 bits per heavy atom. The van der Waals surface area contributed by atoms with Gasteiger partial charge in [0.1, 0.15) is 6.04 Å². The topological polar surface area (TPSA) is 116 Å². The Kier molecular flexibility index (Phi) is 3.94. The van der Waals surface area contributed by atoms with Crippen LogP contribution in [0.5, 0.6) is 0 Å². The van der Waals surface area contributed by atoms with E-state index in [1.165, 1.54) is 6.92 Å². The molecule has 2 rings (SSSR count). The molecule has 0 saturated heterocycles. The van der Waals surface area contributed by atoms with E-state index >= 15 is 0 Å². The van der Waals surface area contributed by atoms with Gasteiger partial charge < -0.3 is 5.73 Å². The van der Waals surface area contributed by atoms with E-state index < -0.39 is 18.0 Å². The number of urea groups is 1. The first kappa shape index (κ1) is 13.9. The highest BCUT2D eigenvalue weighted by Gasteiger charge is 2.19. The highest BCUT2D eigenvalue weighted by atomic mass is 35.5. The predicted molar refractivity (Wildman–Crippen MR) is 70.7 cm³/mol. The van der Waals surface area contributed by atoms with E-state index in [-0.39, 0.29) is 0 Å². The van der Waals surface area contributed by atoms with Crippen LogP contribution in [0, 0.1) is 0 Å². The molecule has 1 aromatic heterocycles. The Balaban J connectivity index is 2.18. The number of nitrogens with two attached hydrogens (primary N) is 1. The lowest BCUT2D eigenvalue weighted by Crippen LogP contribution is -2.39. The minimum Gasteiger partial charge on any atom is -0.351 e. The van der Waals surface area contributed by atoms with Crippen molar-refractivity contribution in [2.45, 2.75) is 13.0 Å². The maximum Gasteiger partial charge on any atom is 0.318 e. The van der Waals surface area contributed by atoms with Gasteiger partial charge in [-0.15, -0.1) is 10.2 Å². The number of carbonyl (C=O) groups is 2. The van der Waals surface area contributed by atoms with Crippen LogP contribution in [0.3, 0.4) is 0 Å². The molecule has 0 unspecified atom stereocenters. The van der Waals surface area contributed by atoms with Crippen molar-refractivity contribution < 1.29 is 9.59 Å². The molecule has 0 radical (unpaired) electrons. The molecule has 0 saturated carbocycles. The number of aromatic nitrogens is 4. The molecule has 8 nitrogen and oxygen atoms in total. The summed E-state index contributed by atoms with van der Waals surface area (Å²) in [6, 6.07) is 5.12. The number of halogens is 1. The molecule has 0 aliphatic rings. The smallest absolute Gasteiger partial charge is 0.318 e. The second-order valence-electron chi connectivity index (χ2n) is 3.97. The molecule has 0 bridgehead atoms. The summed E-state index contributed by atoms with van der Waals surface area (Å²) in [5.41, 5.74) is 5.58. The number of benzene rings is 1. The number of hydrogen-bond donors (Lipinski definition) is 2. The van der Waals surface area contributed by atoms with E-state index in [0.717, 1.165) is 4.80 Å². The maximum atomic E-state index is 11.6. The summed E-state index contributed by atoms with van der Waals surface area (Å²) in [4.78, 5) is 23.3. The van der Waals surface area contributed by atoms with E-state index in [4.69, 9.17) is 17.3 Å². The van der Waals surface area contributed by atoms with Crippen LogP contribution in [0.2, 0.25) is 5.02 Å². The van der Waals surface area contributed by atoms with Crippen LogP contribution in [-0.4, -0.2) is 32.1 Å². The molecule has 1 heterocycles. The second kappa shape index (κ2) is 5.66. The van der Waals surface area contributed by atoms with Crippen LogP contribution in [0.1, 0.15) is 13.0 Å². The second-order valence-corrected chi connectivity index (χ2v) is 4.41. The van der Waals surface area contributed by atoms with Crippen molar-refractivity contribution in [1.82, 2.24) is 25.5 Å². The number of nitrogens with zero attached hydrogens (tertiary/aromatic N) is 4. The lowest BCUT2D eigenvalue weighted by atomic mass is 10.2. The van der Waals surface area contributed by atoms with E-state index in [1.807, 2.05) is 5.32 Å². The fraction of sp³-hybridized carbons (Fsp3) is 0.182. The number of imide groups is 1. The van der Waals surface area contributed by atoms with Crippen molar-refractivity contribution in [3.63, 3.8) is 0 Å². The molecule has 1 atom stereocenters. The number of rotatable bonds is 3. The average molecular weight is 295 g/mol. The van der Waals surface area contributed by atoms with E-state index in [2.05, 4.69) is 15.4 Å². The molecule has 0 fully saturated rings. The van der Waals surface area contributed by atoms with E-state index in [0.29, 0.717) is 16.4 Å². The van der Waals surface area contributed by atoms with Gasteiger partial charge in [0, 0.05) is 10.6 Å². The number of nitrogens with one attached hydrogen (secondary N) is 1. The fourth-order valence-corrected chi connectivity index (χ4v) is 1.56. The van der Waals surface area contributed by atoms with Gasteiger partial charge in [0.15, 0.2) is 0 Å². The zero-order valence-electron chi connectivity index (χ0n) is 10.4. The van der Waals surface area contributed by atoms with Crippen LogP contribution >= 0.6 is 11.6 Å². The Morgan fingerprint density at radius 3 is 2.60 bits per heavy atom. The lowest BCUT2D eigenvalue weighted by molar-refractivity contribution is -0.123. The summed E-state index contributed by atoms with van der Waals surface area (Å²) >= 11 is 5.79. The van der Waals surface area contributed by atoms with Crippen molar-refractivity contribution in [1.29, 1.82) is 0 Å². The maximum absolute atomic E-state index is 11.6. The quantitative estimate of drug-likeness (QED) is 0.866. The summed E-state index contributed by atoms with van der Waals surface area (Å²) in [6.45, 7) is 1.52. The third-order valence-corrected chi connectivity index (χ3v) is 2.75. The summed E-state index contributed by atoms with van der Waals surface area (Å²) in [7, 11) is 0. The van der Waals surface area contributed by atoms with E-state index in [1.54, 1.807) is 24.3 Å². The zero-order chi connectivity index (χ0) is 14.7. The molecule has 0 aliphatic carbocycles. The van der Waals surface area contributed by atoms with Crippen LogP contribution in [0.4, 0.5) is 4.79 Å². The summed E-state index contributed by atoms with van der Waals surface area (Å²) in [5.74, 6) is -0.266. The van der Waals surface area contributed by atoms with Gasteiger partial charge in [0.05, 0.1) is 0 Å². The van der Waals surface area contributed by atoms with Crippen LogP contribution in [0.15, 0.2) is 24.3 Å². The third kappa shape index (κ3) is 3.09. The Labute approximate surface area is 118 Å². The molecule has 1 aromatic carbocycles. The summed E-state index contributed by atoms with van der Waals surface area (Å²) in [6.07, 6.45) is 0. The summed E-state index contributed by atoms with van der Waals surface area (Å²) < 4.78 is 0. The molecule has 104 valence electrons. The molecule has 3 N–H and O–H groups in total. The monoisotopic (exact) mass is 294 g/mol. The molecule has 9 heteroatoms. The van der Waals surface area contributed by atoms with Gasteiger partial charge >= 0.3 is 6.03 Å². The van der Waals surface area contributed by atoms with Gasteiger partial charge in [-0.25, -0.2) is 4.79 Å². The lowest BCUT2D eigenvalue weighted by Gasteiger charge is -2.07. The molecule has 3 amide bonds. The van der Waals surface area contributed by atoms with Crippen molar-refractivity contribution >= 4 is 23.5 Å². The van der Waals surface area contributed by atoms with Crippen LogP contribution < -0.4 is 11.1 Å². The van der Waals surface area contributed by atoms with Crippen molar-refractivity contribution in [3.05, 3.63) is 29.3 Å². The average Bonchev–Trinajstić information content (AvgIpc) is 2.87. The standard InChI is InChI=1S/C11H11ClN6O2/c1-6(10(19)14-11(13)20)18-16-9(15-17-18)7-2-4-8(12)5-3-7/h2-6H,1H3,(H3,13,14,19,20)/t6-/m0/s1. The first-order valence-corrected chi connectivity index (χ1v) is 6.01. The zero-order valence-corrected chi connectivity index (χ0v) is 11.2. The Bertz CT molecular complexity index is 639. The summed E-state index contributed by atoms with van der Waals surface area (Å²) in [5, 5.41) is 14.2. The SMILES string of the molecule is C[C@@H](C(=O)NC(N)=O)n1nnc(-c2ccc(Cl)cc2)n1. The van der Waals surface area contributed by atoms with Gasteiger partial charge in [0.2, 0.25) is 5.82 Å². The highest BCUT2D eigenvalue weighted by Crippen LogP contribution is 2.17. The van der Waals surface area contributed by atoms with Gasteiger partial charge in [-0.3, -0.25) is 10.1 Å². The molecule has 20 heavy (non-hydrogen) atoms. The third-order valence-electron chi connectivity index (χ3n) is 2.50. The number of tetrazole rings is 1.